The average molecular weight is 160 g/mol. The van der Waals surface area contributed by atoms with Crippen molar-refractivity contribution < 1.29 is 0 Å². The molecule has 0 saturated heterocycles. The molecule has 0 amide bonds. The van der Waals surface area contributed by atoms with Gasteiger partial charge in [-0.15, -0.1) is 0 Å². The maximum atomic E-state index is 3.99. The molecule has 0 unspecified atom stereocenters. The van der Waals surface area contributed by atoms with Crippen LogP contribution in [0.4, 0.5) is 0 Å². The van der Waals surface area contributed by atoms with E-state index in [-0.39, 0.29) is 0 Å². The molecule has 0 aliphatic rings. The zero-order valence-corrected chi connectivity index (χ0v) is 6.64. The van der Waals surface area contributed by atoms with Gasteiger partial charge in [0.05, 0.1) is 0 Å². The maximum Gasteiger partial charge on any atom is 0.0347 e. The Labute approximate surface area is 69.3 Å². The molecule has 1 radical (unpaired) electrons. The first kappa shape index (κ1) is 6.55. The zero-order chi connectivity index (χ0) is 7.52. The van der Waals surface area contributed by atoms with Crippen LogP contribution in [0.3, 0.4) is 0 Å². The highest BCUT2D eigenvalue weighted by molar-refractivity contribution is 7.08. The van der Waals surface area contributed by atoms with E-state index in [1.54, 1.807) is 17.5 Å². The lowest BCUT2D eigenvalue weighted by molar-refractivity contribution is 1.33. The molecule has 1 nitrogen and oxygen atoms in total. The van der Waals surface area contributed by atoms with E-state index < -0.39 is 0 Å². The van der Waals surface area contributed by atoms with E-state index in [4.69, 9.17) is 0 Å². The van der Waals surface area contributed by atoms with Gasteiger partial charge in [0.1, 0.15) is 0 Å². The molecule has 0 atom stereocenters. The normalized spacial score (nSPS) is 9.82. The van der Waals surface area contributed by atoms with Gasteiger partial charge < -0.3 is 0 Å². The minimum Gasteiger partial charge on any atom is -0.263 e. The quantitative estimate of drug-likeness (QED) is 0.625. The molecule has 53 valence electrons. The molecule has 0 fully saturated rings. The first-order valence-electron chi connectivity index (χ1n) is 3.30. The Morgan fingerprint density at radius 1 is 1.36 bits per heavy atom. The van der Waals surface area contributed by atoms with Crippen molar-refractivity contribution >= 4 is 11.3 Å². The molecule has 0 saturated carbocycles. The fraction of sp³-hybridized carbons (Fsp3) is 0. The number of thiophene rings is 1. The van der Waals surface area contributed by atoms with E-state index in [0.717, 1.165) is 5.56 Å². The van der Waals surface area contributed by atoms with Crippen molar-refractivity contribution in [3.8, 4) is 11.1 Å². The monoisotopic (exact) mass is 160 g/mol. The van der Waals surface area contributed by atoms with Crippen molar-refractivity contribution in [1.29, 1.82) is 0 Å². The highest BCUT2D eigenvalue weighted by Crippen LogP contribution is 2.19. The van der Waals surface area contributed by atoms with Crippen LogP contribution in [0.15, 0.2) is 35.3 Å². The predicted octanol–water partition coefficient (Wildman–Crippen LogP) is 2.61. The largest absolute Gasteiger partial charge is 0.263 e. The van der Waals surface area contributed by atoms with Crippen LogP contribution >= 0.6 is 11.3 Å². The second kappa shape index (κ2) is 2.84. The minimum absolute atomic E-state index is 1.13. The smallest absolute Gasteiger partial charge is 0.0347 e. The summed E-state index contributed by atoms with van der Waals surface area (Å²) >= 11 is 1.69. The second-order valence-electron chi connectivity index (χ2n) is 2.19. The van der Waals surface area contributed by atoms with E-state index in [0.29, 0.717) is 0 Å². The van der Waals surface area contributed by atoms with Crippen molar-refractivity contribution in [3.63, 3.8) is 0 Å². The molecule has 0 aliphatic heterocycles. The van der Waals surface area contributed by atoms with Crippen LogP contribution in [0.2, 0.25) is 0 Å². The fourth-order valence-electron chi connectivity index (χ4n) is 0.912. The van der Waals surface area contributed by atoms with Crippen LogP contribution in [0.25, 0.3) is 11.1 Å². The van der Waals surface area contributed by atoms with Crippen LogP contribution in [-0.4, -0.2) is 4.98 Å². The van der Waals surface area contributed by atoms with Crippen molar-refractivity contribution in [2.45, 2.75) is 0 Å². The lowest BCUT2D eigenvalue weighted by atomic mass is 10.2. The molecule has 0 aliphatic carbocycles. The minimum atomic E-state index is 1.13. The van der Waals surface area contributed by atoms with E-state index in [9.17, 15) is 0 Å². The Morgan fingerprint density at radius 3 is 3.00 bits per heavy atom. The van der Waals surface area contributed by atoms with Gasteiger partial charge in [-0.3, -0.25) is 4.98 Å². The molecule has 0 aromatic carbocycles. The number of hydrogen-bond donors (Lipinski definition) is 0. The second-order valence-corrected chi connectivity index (χ2v) is 2.97. The van der Waals surface area contributed by atoms with Gasteiger partial charge in [0, 0.05) is 24.0 Å². The maximum absolute atomic E-state index is 3.99. The molecule has 0 N–H and O–H groups in total. The molecule has 2 aromatic heterocycles. The van der Waals surface area contributed by atoms with Crippen LogP contribution < -0.4 is 0 Å². The zero-order valence-electron chi connectivity index (χ0n) is 5.82. The van der Waals surface area contributed by atoms with Crippen molar-refractivity contribution in [2.24, 2.45) is 0 Å². The molecule has 11 heavy (non-hydrogen) atoms. The van der Waals surface area contributed by atoms with Crippen LogP contribution in [0.5, 0.6) is 0 Å². The third-order valence-electron chi connectivity index (χ3n) is 1.46. The Hall–Kier alpha value is -1.15. The highest BCUT2D eigenvalue weighted by Gasteiger charge is 1.94. The van der Waals surface area contributed by atoms with Gasteiger partial charge in [-0.2, -0.15) is 11.3 Å². The Morgan fingerprint density at radius 2 is 2.36 bits per heavy atom. The van der Waals surface area contributed by atoms with Gasteiger partial charge in [0.25, 0.3) is 0 Å². The fourth-order valence-corrected chi connectivity index (χ4v) is 1.58. The summed E-state index contributed by atoms with van der Waals surface area (Å²) in [6.07, 6.45) is 3.51. The summed E-state index contributed by atoms with van der Waals surface area (Å²) in [6, 6.07) is 6.96. The van der Waals surface area contributed by atoms with Gasteiger partial charge in [0.2, 0.25) is 0 Å². The van der Waals surface area contributed by atoms with Crippen molar-refractivity contribution in [1.82, 2.24) is 4.98 Å². The van der Waals surface area contributed by atoms with E-state index in [1.807, 2.05) is 12.3 Å². The Balaban J connectivity index is 2.46. The lowest BCUT2D eigenvalue weighted by Crippen LogP contribution is -1.73. The standard InChI is InChI=1S/C9H6NS/c1-2-8(6-10-4-1)9-3-5-11-7-9/h2-7H. The number of pyridine rings is 1. The summed E-state index contributed by atoms with van der Waals surface area (Å²) < 4.78 is 0. The highest BCUT2D eigenvalue weighted by atomic mass is 32.1. The lowest BCUT2D eigenvalue weighted by Gasteiger charge is -1.92. The van der Waals surface area contributed by atoms with E-state index in [1.165, 1.54) is 5.56 Å². The summed E-state index contributed by atoms with van der Waals surface area (Å²) in [4.78, 5) is 3.99. The third-order valence-corrected chi connectivity index (χ3v) is 2.14. The van der Waals surface area contributed by atoms with Crippen molar-refractivity contribution in [3.05, 3.63) is 41.4 Å². The Bertz CT molecular complexity index is 313. The molecule has 2 aromatic rings. The SMILES string of the molecule is [c]1cncc(-c2ccsc2)c1. The summed E-state index contributed by atoms with van der Waals surface area (Å²) in [6.45, 7) is 0. The predicted molar refractivity (Wildman–Crippen MR) is 46.4 cm³/mol. The number of rotatable bonds is 1. The first-order chi connectivity index (χ1) is 5.47. The average Bonchev–Trinajstić information content (AvgIpc) is 2.58. The molecule has 2 rings (SSSR count). The molecular formula is C9H6NS. The van der Waals surface area contributed by atoms with Crippen LogP contribution in [0.1, 0.15) is 0 Å². The molecular weight excluding hydrogens is 154 g/mol. The van der Waals surface area contributed by atoms with E-state index >= 15 is 0 Å². The van der Waals surface area contributed by atoms with Crippen molar-refractivity contribution in [2.75, 3.05) is 0 Å². The number of aromatic nitrogens is 1. The molecule has 0 spiro atoms. The van der Waals surface area contributed by atoms with Gasteiger partial charge in [-0.05, 0) is 28.5 Å². The molecule has 2 heterocycles. The van der Waals surface area contributed by atoms with E-state index in [2.05, 4.69) is 27.9 Å². The first-order valence-corrected chi connectivity index (χ1v) is 4.25. The topological polar surface area (TPSA) is 12.9 Å². The molecule has 0 bridgehead atoms. The summed E-state index contributed by atoms with van der Waals surface area (Å²) in [5, 5.41) is 4.16. The van der Waals surface area contributed by atoms with Crippen LogP contribution in [0, 0.1) is 6.07 Å². The Kier molecular flexibility index (Phi) is 1.69. The summed E-state index contributed by atoms with van der Waals surface area (Å²) in [7, 11) is 0. The molecule has 2 heteroatoms. The van der Waals surface area contributed by atoms with Gasteiger partial charge in [0.15, 0.2) is 0 Å². The van der Waals surface area contributed by atoms with Gasteiger partial charge in [-0.25, -0.2) is 0 Å². The van der Waals surface area contributed by atoms with Gasteiger partial charge >= 0.3 is 0 Å². The van der Waals surface area contributed by atoms with Crippen LogP contribution in [-0.2, 0) is 0 Å². The summed E-state index contributed by atoms with van der Waals surface area (Å²) in [5.41, 5.74) is 2.35. The van der Waals surface area contributed by atoms with Gasteiger partial charge in [-0.1, -0.05) is 0 Å². The summed E-state index contributed by atoms with van der Waals surface area (Å²) in [5.74, 6) is 0. The third kappa shape index (κ3) is 1.30. The number of nitrogens with zero attached hydrogens (tertiary/aromatic N) is 1. The number of hydrogen-bond acceptors (Lipinski definition) is 2.